The lowest BCUT2D eigenvalue weighted by Gasteiger charge is -2.44. The first-order valence-corrected chi connectivity index (χ1v) is 8.86. The van der Waals surface area contributed by atoms with E-state index in [2.05, 4.69) is 53.8 Å². The van der Waals surface area contributed by atoms with Crippen molar-refractivity contribution in [1.29, 1.82) is 0 Å². The fourth-order valence-electron chi connectivity index (χ4n) is 4.65. The monoisotopic (exact) mass is 325 g/mol. The van der Waals surface area contributed by atoms with Gasteiger partial charge in [-0.05, 0) is 40.8 Å². The molecule has 2 heteroatoms. The quantitative estimate of drug-likeness (QED) is 0.712. The summed E-state index contributed by atoms with van der Waals surface area (Å²) in [6.07, 6.45) is 0.886. The van der Waals surface area contributed by atoms with Crippen LogP contribution in [0.15, 0.2) is 78.9 Å². The van der Waals surface area contributed by atoms with Crippen LogP contribution in [0.4, 0.5) is 5.69 Å². The number of anilines is 1. The second-order valence-corrected chi connectivity index (χ2v) is 6.99. The number of carbonyl (C=O) groups is 1. The highest BCUT2D eigenvalue weighted by Crippen LogP contribution is 2.55. The van der Waals surface area contributed by atoms with E-state index in [1.165, 1.54) is 22.3 Å². The van der Waals surface area contributed by atoms with Crippen LogP contribution in [-0.4, -0.2) is 5.91 Å². The topological polar surface area (TPSA) is 29.1 Å². The summed E-state index contributed by atoms with van der Waals surface area (Å²) in [5.74, 6) is 0.588. The average Bonchev–Trinajstić information content (AvgIpc) is 2.69. The summed E-state index contributed by atoms with van der Waals surface area (Å²) in [5.41, 5.74) is 6.32. The van der Waals surface area contributed by atoms with Crippen molar-refractivity contribution in [2.75, 3.05) is 5.32 Å². The number of hydrogen-bond acceptors (Lipinski definition) is 1. The van der Waals surface area contributed by atoms with E-state index in [-0.39, 0.29) is 17.7 Å². The minimum Gasteiger partial charge on any atom is -0.326 e. The minimum atomic E-state index is -0.0185. The SMILES string of the molecule is O=C(Nc1ccccc1)C1CC2c3ccccc3C1c1ccccc12. The zero-order valence-electron chi connectivity index (χ0n) is 13.9. The number of benzene rings is 3. The third-order valence-corrected chi connectivity index (χ3v) is 5.68. The molecule has 0 saturated carbocycles. The van der Waals surface area contributed by atoms with Crippen LogP contribution in [0.25, 0.3) is 0 Å². The van der Waals surface area contributed by atoms with Crippen molar-refractivity contribution >= 4 is 11.6 Å². The first kappa shape index (κ1) is 14.5. The Morgan fingerprint density at radius 2 is 1.24 bits per heavy atom. The number of para-hydroxylation sites is 1. The van der Waals surface area contributed by atoms with Crippen molar-refractivity contribution in [3.63, 3.8) is 0 Å². The molecular weight excluding hydrogens is 306 g/mol. The van der Waals surface area contributed by atoms with Crippen LogP contribution in [0.5, 0.6) is 0 Å². The van der Waals surface area contributed by atoms with Crippen molar-refractivity contribution in [3.05, 3.63) is 101 Å². The summed E-state index contributed by atoms with van der Waals surface area (Å²) in [4.78, 5) is 13.1. The van der Waals surface area contributed by atoms with Gasteiger partial charge in [-0.1, -0.05) is 66.7 Å². The van der Waals surface area contributed by atoms with Crippen LogP contribution in [0.1, 0.15) is 40.5 Å². The maximum absolute atomic E-state index is 13.1. The molecule has 3 aliphatic carbocycles. The highest BCUT2D eigenvalue weighted by Gasteiger charge is 2.45. The van der Waals surface area contributed by atoms with Gasteiger partial charge in [0.15, 0.2) is 0 Å². The van der Waals surface area contributed by atoms with Crippen molar-refractivity contribution in [3.8, 4) is 0 Å². The van der Waals surface area contributed by atoms with Crippen LogP contribution in [0.3, 0.4) is 0 Å². The smallest absolute Gasteiger partial charge is 0.228 e. The number of carbonyl (C=O) groups excluding carboxylic acids is 1. The van der Waals surface area contributed by atoms with E-state index in [0.29, 0.717) is 5.92 Å². The summed E-state index contributed by atoms with van der Waals surface area (Å²) in [6, 6.07) is 27.0. The molecule has 0 aliphatic heterocycles. The first-order chi connectivity index (χ1) is 12.3. The number of rotatable bonds is 2. The van der Waals surface area contributed by atoms with E-state index in [9.17, 15) is 4.79 Å². The van der Waals surface area contributed by atoms with Crippen LogP contribution in [-0.2, 0) is 4.79 Å². The van der Waals surface area contributed by atoms with Gasteiger partial charge >= 0.3 is 0 Å². The van der Waals surface area contributed by atoms with Crippen molar-refractivity contribution in [1.82, 2.24) is 0 Å². The van der Waals surface area contributed by atoms with Gasteiger partial charge in [-0.3, -0.25) is 4.79 Å². The zero-order valence-corrected chi connectivity index (χ0v) is 13.9. The molecule has 2 nitrogen and oxygen atoms in total. The van der Waals surface area contributed by atoms with Crippen LogP contribution < -0.4 is 5.32 Å². The van der Waals surface area contributed by atoms with Crippen molar-refractivity contribution < 1.29 is 4.79 Å². The molecule has 0 saturated heterocycles. The van der Waals surface area contributed by atoms with Crippen LogP contribution in [0, 0.1) is 5.92 Å². The molecule has 0 fully saturated rings. The Hall–Kier alpha value is -2.87. The molecule has 6 rings (SSSR count). The van der Waals surface area contributed by atoms with Gasteiger partial charge in [0.25, 0.3) is 0 Å². The molecule has 25 heavy (non-hydrogen) atoms. The molecule has 3 aliphatic rings. The van der Waals surface area contributed by atoms with Gasteiger partial charge in [0, 0.05) is 17.5 Å². The summed E-state index contributed by atoms with van der Waals surface area (Å²) in [7, 11) is 0. The molecule has 0 aromatic heterocycles. The molecule has 1 atom stereocenters. The Bertz CT molecular complexity index is 900. The molecule has 0 heterocycles. The maximum atomic E-state index is 13.1. The molecule has 3 aromatic carbocycles. The largest absolute Gasteiger partial charge is 0.326 e. The zero-order chi connectivity index (χ0) is 16.8. The van der Waals surface area contributed by atoms with Crippen LogP contribution >= 0.6 is 0 Å². The number of fused-ring (bicyclic) bond motifs is 1. The summed E-state index contributed by atoms with van der Waals surface area (Å²) < 4.78 is 0. The lowest BCUT2D eigenvalue weighted by molar-refractivity contribution is -0.121. The van der Waals surface area contributed by atoms with E-state index in [1.54, 1.807) is 0 Å². The molecule has 0 spiro atoms. The fraction of sp³-hybridized carbons (Fsp3) is 0.174. The highest BCUT2D eigenvalue weighted by atomic mass is 16.1. The van der Waals surface area contributed by atoms with Gasteiger partial charge in [-0.15, -0.1) is 0 Å². The van der Waals surface area contributed by atoms with E-state index in [0.717, 1.165) is 12.1 Å². The van der Waals surface area contributed by atoms with E-state index >= 15 is 0 Å². The molecule has 122 valence electrons. The third kappa shape index (κ3) is 2.21. The Kier molecular flexibility index (Phi) is 3.24. The predicted molar refractivity (Wildman–Crippen MR) is 99.7 cm³/mol. The summed E-state index contributed by atoms with van der Waals surface area (Å²) in [6.45, 7) is 0. The Labute approximate surface area is 147 Å². The number of hydrogen-bond donors (Lipinski definition) is 1. The maximum Gasteiger partial charge on any atom is 0.228 e. The predicted octanol–water partition coefficient (Wildman–Crippen LogP) is 4.92. The lowest BCUT2D eigenvalue weighted by Crippen LogP contribution is -2.38. The van der Waals surface area contributed by atoms with Gasteiger partial charge in [0.05, 0.1) is 5.92 Å². The van der Waals surface area contributed by atoms with Crippen molar-refractivity contribution in [2.24, 2.45) is 5.92 Å². The minimum absolute atomic E-state index is 0.0185. The van der Waals surface area contributed by atoms with Gasteiger partial charge < -0.3 is 5.32 Å². The molecule has 1 amide bonds. The standard InChI is InChI=1S/C23H19NO/c25-23(24-15-8-2-1-3-9-15)21-14-20-16-10-4-6-12-18(16)22(21)19-13-7-5-11-17(19)20/h1-13,20-22H,14H2,(H,24,25). The van der Waals surface area contributed by atoms with Gasteiger partial charge in [0.2, 0.25) is 5.91 Å². The lowest BCUT2D eigenvalue weighted by atomic mass is 9.59. The number of nitrogens with one attached hydrogen (secondary N) is 1. The Balaban J connectivity index is 1.57. The second kappa shape index (κ2) is 5.59. The average molecular weight is 325 g/mol. The van der Waals surface area contributed by atoms with Gasteiger partial charge in [-0.25, -0.2) is 0 Å². The van der Waals surface area contributed by atoms with Gasteiger partial charge in [0.1, 0.15) is 0 Å². The molecule has 3 aromatic rings. The third-order valence-electron chi connectivity index (χ3n) is 5.68. The van der Waals surface area contributed by atoms with E-state index in [4.69, 9.17) is 0 Å². The summed E-state index contributed by atoms with van der Waals surface area (Å²) >= 11 is 0. The Morgan fingerprint density at radius 3 is 1.84 bits per heavy atom. The second-order valence-electron chi connectivity index (χ2n) is 6.99. The molecular formula is C23H19NO. The highest BCUT2D eigenvalue weighted by molar-refractivity contribution is 5.94. The molecule has 0 radical (unpaired) electrons. The fourth-order valence-corrected chi connectivity index (χ4v) is 4.65. The Morgan fingerprint density at radius 1 is 0.720 bits per heavy atom. The van der Waals surface area contributed by atoms with E-state index in [1.807, 2.05) is 30.3 Å². The molecule has 1 unspecified atom stereocenters. The summed E-state index contributed by atoms with van der Waals surface area (Å²) in [5, 5.41) is 3.12. The van der Waals surface area contributed by atoms with Crippen LogP contribution in [0.2, 0.25) is 0 Å². The van der Waals surface area contributed by atoms with E-state index < -0.39 is 0 Å². The number of amides is 1. The van der Waals surface area contributed by atoms with Crippen molar-refractivity contribution in [2.45, 2.75) is 18.3 Å². The molecule has 1 N–H and O–H groups in total. The van der Waals surface area contributed by atoms with Gasteiger partial charge in [-0.2, -0.15) is 0 Å². The molecule has 2 bridgehead atoms. The normalized spacial score (nSPS) is 22.8. The first-order valence-electron chi connectivity index (χ1n) is 8.86.